The minimum absolute atomic E-state index is 0.105. The summed E-state index contributed by atoms with van der Waals surface area (Å²) in [5.74, 6) is -0.263. The molecule has 0 aliphatic carbocycles. The lowest BCUT2D eigenvalue weighted by molar-refractivity contribution is 0.0951. The van der Waals surface area contributed by atoms with E-state index in [1.54, 1.807) is 19.1 Å². The molecule has 0 heterocycles. The van der Waals surface area contributed by atoms with E-state index in [-0.39, 0.29) is 17.7 Å². The lowest BCUT2D eigenvalue weighted by Crippen LogP contribution is -2.34. The van der Waals surface area contributed by atoms with Crippen molar-refractivity contribution in [1.29, 1.82) is 0 Å². The standard InChI is InChI=1S/C11H14IN3O2/c1-7(10(13)15-17)6-14-11(16)8-3-2-4-9(12)5-8/h2-5,7,17H,6H2,1H3,(H2,13,15)(H,14,16). The lowest BCUT2D eigenvalue weighted by Gasteiger charge is -2.11. The van der Waals surface area contributed by atoms with Crippen LogP contribution in [0.1, 0.15) is 17.3 Å². The van der Waals surface area contributed by atoms with Crippen LogP contribution >= 0.6 is 22.6 Å². The summed E-state index contributed by atoms with van der Waals surface area (Å²) >= 11 is 2.15. The Hall–Kier alpha value is -1.31. The van der Waals surface area contributed by atoms with E-state index >= 15 is 0 Å². The SMILES string of the molecule is CC(CNC(=O)c1cccc(I)c1)C(N)=NO. The van der Waals surface area contributed by atoms with Crippen LogP contribution in [0.2, 0.25) is 0 Å². The fourth-order valence-corrected chi connectivity index (χ4v) is 1.72. The van der Waals surface area contributed by atoms with E-state index in [1.807, 2.05) is 12.1 Å². The van der Waals surface area contributed by atoms with Crippen molar-refractivity contribution in [2.24, 2.45) is 16.8 Å². The summed E-state index contributed by atoms with van der Waals surface area (Å²) in [6.07, 6.45) is 0. The van der Waals surface area contributed by atoms with Crippen LogP contribution in [0, 0.1) is 9.49 Å². The number of oxime groups is 1. The van der Waals surface area contributed by atoms with E-state index in [1.165, 1.54) is 0 Å². The van der Waals surface area contributed by atoms with Crippen molar-refractivity contribution in [2.45, 2.75) is 6.92 Å². The van der Waals surface area contributed by atoms with Crippen LogP contribution in [0.25, 0.3) is 0 Å². The van der Waals surface area contributed by atoms with Gasteiger partial charge in [-0.25, -0.2) is 0 Å². The second-order valence-corrected chi connectivity index (χ2v) is 4.89. The highest BCUT2D eigenvalue weighted by molar-refractivity contribution is 14.1. The van der Waals surface area contributed by atoms with Gasteiger partial charge in [-0.05, 0) is 40.8 Å². The number of nitrogens with zero attached hydrogens (tertiary/aromatic N) is 1. The van der Waals surface area contributed by atoms with E-state index in [2.05, 4.69) is 33.1 Å². The molecule has 1 amide bonds. The van der Waals surface area contributed by atoms with E-state index in [0.717, 1.165) is 3.57 Å². The number of nitrogens with two attached hydrogens (primary N) is 1. The largest absolute Gasteiger partial charge is 0.409 e. The second kappa shape index (κ2) is 6.43. The number of amidine groups is 1. The number of hydrogen-bond donors (Lipinski definition) is 3. The maximum Gasteiger partial charge on any atom is 0.251 e. The number of halogens is 1. The first-order chi connectivity index (χ1) is 8.04. The Kier molecular flexibility index (Phi) is 5.20. The Bertz CT molecular complexity index is 434. The summed E-state index contributed by atoms with van der Waals surface area (Å²) in [5.41, 5.74) is 6.01. The molecule has 0 radical (unpaired) electrons. The third-order valence-corrected chi connectivity index (χ3v) is 2.95. The normalized spacial score (nSPS) is 13.2. The summed E-state index contributed by atoms with van der Waals surface area (Å²) in [6.45, 7) is 2.10. The fourth-order valence-electron chi connectivity index (χ4n) is 1.18. The minimum Gasteiger partial charge on any atom is -0.409 e. The van der Waals surface area contributed by atoms with Gasteiger partial charge in [0.05, 0.1) is 0 Å². The second-order valence-electron chi connectivity index (χ2n) is 3.65. The fraction of sp³-hybridized carbons (Fsp3) is 0.273. The first-order valence-corrected chi connectivity index (χ1v) is 6.13. The highest BCUT2D eigenvalue weighted by Gasteiger charge is 2.10. The Morgan fingerprint density at radius 3 is 2.94 bits per heavy atom. The van der Waals surface area contributed by atoms with Crippen molar-refractivity contribution in [3.8, 4) is 0 Å². The predicted octanol–water partition coefficient (Wildman–Crippen LogP) is 1.40. The topological polar surface area (TPSA) is 87.7 Å². The number of rotatable bonds is 4. The molecular weight excluding hydrogens is 333 g/mol. The molecule has 1 atom stereocenters. The van der Waals surface area contributed by atoms with Gasteiger partial charge >= 0.3 is 0 Å². The molecule has 0 aliphatic rings. The van der Waals surface area contributed by atoms with Gasteiger partial charge in [0.25, 0.3) is 5.91 Å². The van der Waals surface area contributed by atoms with Gasteiger partial charge in [0.1, 0.15) is 5.84 Å². The van der Waals surface area contributed by atoms with Gasteiger partial charge in [0.15, 0.2) is 0 Å². The first kappa shape index (κ1) is 13.8. The van der Waals surface area contributed by atoms with Crippen LogP contribution < -0.4 is 11.1 Å². The molecule has 1 unspecified atom stereocenters. The van der Waals surface area contributed by atoms with Gasteiger partial charge in [0, 0.05) is 21.6 Å². The summed E-state index contributed by atoms with van der Waals surface area (Å²) in [5, 5.41) is 14.1. The average molecular weight is 347 g/mol. The smallest absolute Gasteiger partial charge is 0.251 e. The number of carbonyl (C=O) groups excluding carboxylic acids is 1. The van der Waals surface area contributed by atoms with Crippen molar-refractivity contribution in [1.82, 2.24) is 5.32 Å². The zero-order valence-corrected chi connectivity index (χ0v) is 11.5. The van der Waals surface area contributed by atoms with Crippen molar-refractivity contribution in [3.05, 3.63) is 33.4 Å². The first-order valence-electron chi connectivity index (χ1n) is 5.05. The summed E-state index contributed by atoms with van der Waals surface area (Å²) in [7, 11) is 0. The zero-order valence-electron chi connectivity index (χ0n) is 9.35. The number of nitrogens with one attached hydrogen (secondary N) is 1. The molecule has 0 aromatic heterocycles. The number of benzene rings is 1. The van der Waals surface area contributed by atoms with E-state index in [0.29, 0.717) is 12.1 Å². The molecule has 17 heavy (non-hydrogen) atoms. The quantitative estimate of drug-likeness (QED) is 0.253. The van der Waals surface area contributed by atoms with E-state index < -0.39 is 0 Å². The predicted molar refractivity (Wildman–Crippen MR) is 74.1 cm³/mol. The highest BCUT2D eigenvalue weighted by atomic mass is 127. The van der Waals surface area contributed by atoms with Crippen molar-refractivity contribution in [3.63, 3.8) is 0 Å². The summed E-state index contributed by atoms with van der Waals surface area (Å²) in [6, 6.07) is 7.27. The summed E-state index contributed by atoms with van der Waals surface area (Å²) < 4.78 is 1.000. The van der Waals surface area contributed by atoms with Gasteiger partial charge in [-0.15, -0.1) is 0 Å². The molecule has 0 saturated carbocycles. The molecule has 92 valence electrons. The molecule has 5 nitrogen and oxygen atoms in total. The van der Waals surface area contributed by atoms with E-state index in [9.17, 15) is 4.79 Å². The summed E-state index contributed by atoms with van der Waals surface area (Å²) in [4.78, 5) is 11.8. The lowest BCUT2D eigenvalue weighted by atomic mass is 10.1. The maximum absolute atomic E-state index is 11.8. The van der Waals surface area contributed by atoms with Gasteiger partial charge in [0.2, 0.25) is 0 Å². The molecular formula is C11H14IN3O2. The van der Waals surface area contributed by atoms with Crippen LogP contribution in [0.3, 0.4) is 0 Å². The van der Waals surface area contributed by atoms with Crippen molar-refractivity contribution >= 4 is 34.3 Å². The number of hydrogen-bond acceptors (Lipinski definition) is 3. The Labute approximate surface area is 113 Å². The molecule has 0 bridgehead atoms. The third-order valence-electron chi connectivity index (χ3n) is 2.28. The van der Waals surface area contributed by atoms with Crippen LogP contribution in [-0.2, 0) is 0 Å². The molecule has 1 rings (SSSR count). The van der Waals surface area contributed by atoms with Gasteiger partial charge < -0.3 is 16.3 Å². The molecule has 1 aromatic rings. The molecule has 4 N–H and O–H groups in total. The highest BCUT2D eigenvalue weighted by Crippen LogP contribution is 2.07. The van der Waals surface area contributed by atoms with Crippen molar-refractivity contribution < 1.29 is 10.0 Å². The Morgan fingerprint density at radius 2 is 2.35 bits per heavy atom. The molecule has 6 heteroatoms. The Morgan fingerprint density at radius 1 is 1.65 bits per heavy atom. The molecule has 0 spiro atoms. The monoisotopic (exact) mass is 347 g/mol. The van der Waals surface area contributed by atoms with Crippen LogP contribution in [0.5, 0.6) is 0 Å². The van der Waals surface area contributed by atoms with Crippen LogP contribution in [0.4, 0.5) is 0 Å². The molecule has 1 aromatic carbocycles. The van der Waals surface area contributed by atoms with Crippen molar-refractivity contribution in [2.75, 3.05) is 6.54 Å². The molecule has 0 fully saturated rings. The minimum atomic E-state index is -0.202. The maximum atomic E-state index is 11.8. The average Bonchev–Trinajstić information content (AvgIpc) is 2.34. The van der Waals surface area contributed by atoms with E-state index in [4.69, 9.17) is 10.9 Å². The molecule has 0 saturated heterocycles. The molecule has 0 aliphatic heterocycles. The number of carbonyl (C=O) groups is 1. The Balaban J connectivity index is 2.56. The van der Waals surface area contributed by atoms with Gasteiger partial charge in [-0.2, -0.15) is 0 Å². The number of amides is 1. The van der Waals surface area contributed by atoms with Crippen LogP contribution in [-0.4, -0.2) is 23.5 Å². The third kappa shape index (κ3) is 4.22. The van der Waals surface area contributed by atoms with Gasteiger partial charge in [-0.1, -0.05) is 18.1 Å². The zero-order chi connectivity index (χ0) is 12.8. The van der Waals surface area contributed by atoms with Crippen LogP contribution in [0.15, 0.2) is 29.4 Å². The van der Waals surface area contributed by atoms with Gasteiger partial charge in [-0.3, -0.25) is 4.79 Å².